The molecule has 2 aliphatic rings. The van der Waals surface area contributed by atoms with E-state index in [9.17, 15) is 4.79 Å². The van der Waals surface area contributed by atoms with Crippen LogP contribution in [0.5, 0.6) is 0 Å². The number of benzene rings is 1. The fourth-order valence-electron chi connectivity index (χ4n) is 2.94. The van der Waals surface area contributed by atoms with E-state index >= 15 is 0 Å². The summed E-state index contributed by atoms with van der Waals surface area (Å²) in [6.45, 7) is 4.21. The van der Waals surface area contributed by atoms with Gasteiger partial charge in [0.2, 0.25) is 5.17 Å². The van der Waals surface area contributed by atoms with Crippen LogP contribution >= 0.6 is 11.8 Å². The van der Waals surface area contributed by atoms with Crippen LogP contribution in [0, 0.1) is 12.3 Å². The van der Waals surface area contributed by atoms with Gasteiger partial charge in [-0.1, -0.05) is 62.4 Å². The monoisotopic (exact) mass is 368 g/mol. The van der Waals surface area contributed by atoms with Crippen LogP contribution in [0.3, 0.4) is 0 Å². The van der Waals surface area contributed by atoms with Crippen LogP contribution in [0.25, 0.3) is 6.08 Å². The van der Waals surface area contributed by atoms with Gasteiger partial charge in [-0.15, -0.1) is 0 Å². The largest absolute Gasteiger partial charge is 0.283 e. The zero-order valence-corrected chi connectivity index (χ0v) is 16.1. The molecule has 0 fully saturated rings. The molecule has 0 spiro atoms. The summed E-state index contributed by atoms with van der Waals surface area (Å²) >= 11 is 1.41. The van der Waals surface area contributed by atoms with E-state index in [0.717, 1.165) is 29.0 Å². The summed E-state index contributed by atoms with van der Waals surface area (Å²) in [6, 6.07) is 7.84. The second-order valence-electron chi connectivity index (χ2n) is 6.59. The number of nitrogens with zero attached hydrogens (tertiary/aromatic N) is 3. The van der Waals surface area contributed by atoms with E-state index in [4.69, 9.17) is 5.41 Å². The Labute approximate surface area is 158 Å². The van der Waals surface area contributed by atoms with Crippen LogP contribution in [-0.2, 0) is 4.79 Å². The number of amidine groups is 2. The Bertz CT molecular complexity index is 810. The van der Waals surface area contributed by atoms with Gasteiger partial charge in [0, 0.05) is 0 Å². The van der Waals surface area contributed by atoms with E-state index in [2.05, 4.69) is 17.0 Å². The molecule has 1 aromatic rings. The number of nitrogens with one attached hydrogen (secondary N) is 1. The molecule has 1 amide bonds. The molecule has 0 saturated heterocycles. The van der Waals surface area contributed by atoms with E-state index in [1.807, 2.05) is 31.2 Å². The topological polar surface area (TPSA) is 68.9 Å². The number of aryl methyl sites for hydroxylation is 1. The van der Waals surface area contributed by atoms with Crippen molar-refractivity contribution in [3.63, 3.8) is 0 Å². The van der Waals surface area contributed by atoms with Crippen LogP contribution in [0.15, 0.2) is 39.9 Å². The standard InChI is InChI=1S/C20H24N4OS/c1-3-4-5-6-7-11-17-23-24-18(21)16(19(25)22-20(24)26-17)13-15-10-8-9-14(2)12-15/h8-10,12-13,21H,3-7,11H2,1-2H3/b16-13-,21-18?. The summed E-state index contributed by atoms with van der Waals surface area (Å²) < 4.78 is 0. The molecule has 6 heteroatoms. The van der Waals surface area contributed by atoms with Crippen molar-refractivity contribution in [1.29, 1.82) is 5.41 Å². The number of amides is 1. The summed E-state index contributed by atoms with van der Waals surface area (Å²) in [7, 11) is 0. The lowest BCUT2D eigenvalue weighted by Crippen LogP contribution is -2.35. The van der Waals surface area contributed by atoms with Gasteiger partial charge in [0.25, 0.3) is 5.91 Å². The van der Waals surface area contributed by atoms with Gasteiger partial charge < -0.3 is 0 Å². The number of fused-ring (bicyclic) bond motifs is 1. The maximum absolute atomic E-state index is 12.4. The number of hydrogen-bond acceptors (Lipinski definition) is 4. The molecular weight excluding hydrogens is 344 g/mol. The average molecular weight is 369 g/mol. The minimum absolute atomic E-state index is 0.106. The number of hydrogen-bond donors (Lipinski definition) is 1. The second kappa shape index (κ2) is 8.45. The summed E-state index contributed by atoms with van der Waals surface area (Å²) in [6.07, 6.45) is 8.62. The van der Waals surface area contributed by atoms with E-state index in [1.54, 1.807) is 6.08 Å². The van der Waals surface area contributed by atoms with Crippen LogP contribution in [0.2, 0.25) is 0 Å². The Kier molecular flexibility index (Phi) is 6.04. The first-order valence-corrected chi connectivity index (χ1v) is 9.96. The normalized spacial score (nSPS) is 18.2. The van der Waals surface area contributed by atoms with Gasteiger partial charge in [0.15, 0.2) is 5.84 Å². The second-order valence-corrected chi connectivity index (χ2v) is 7.63. The van der Waals surface area contributed by atoms with Crippen LogP contribution in [0.1, 0.15) is 56.6 Å². The van der Waals surface area contributed by atoms with Gasteiger partial charge >= 0.3 is 0 Å². The zero-order chi connectivity index (χ0) is 18.5. The third-order valence-electron chi connectivity index (χ3n) is 4.34. The smallest absolute Gasteiger partial charge is 0.282 e. The molecule has 1 N–H and O–H groups in total. The lowest BCUT2D eigenvalue weighted by atomic mass is 10.1. The third kappa shape index (κ3) is 4.30. The predicted octanol–water partition coefficient (Wildman–Crippen LogP) is 4.97. The molecule has 0 unspecified atom stereocenters. The Hall–Kier alpha value is -2.21. The Morgan fingerprint density at radius 3 is 2.81 bits per heavy atom. The Morgan fingerprint density at radius 1 is 1.23 bits per heavy atom. The summed E-state index contributed by atoms with van der Waals surface area (Å²) in [5.74, 6) is -0.260. The molecule has 2 heterocycles. The average Bonchev–Trinajstić information content (AvgIpc) is 3.01. The van der Waals surface area contributed by atoms with Crippen LogP contribution < -0.4 is 0 Å². The van der Waals surface area contributed by atoms with E-state index < -0.39 is 0 Å². The van der Waals surface area contributed by atoms with Crippen molar-refractivity contribution < 1.29 is 4.79 Å². The van der Waals surface area contributed by atoms with Crippen molar-refractivity contribution in [3.05, 3.63) is 41.0 Å². The molecule has 0 saturated carbocycles. The van der Waals surface area contributed by atoms with Gasteiger partial charge in [-0.05, 0) is 43.2 Å². The first-order valence-electron chi connectivity index (χ1n) is 9.14. The molecular formula is C20H24N4OS. The van der Waals surface area contributed by atoms with Gasteiger partial charge in [0.05, 0.1) is 5.57 Å². The number of carbonyl (C=O) groups excluding carboxylic acids is 1. The molecule has 1 aromatic carbocycles. The van der Waals surface area contributed by atoms with Gasteiger partial charge in [-0.3, -0.25) is 10.2 Å². The highest BCUT2D eigenvalue weighted by Crippen LogP contribution is 2.30. The van der Waals surface area contributed by atoms with Crippen molar-refractivity contribution in [2.45, 2.75) is 52.4 Å². The van der Waals surface area contributed by atoms with Crippen molar-refractivity contribution >= 4 is 39.8 Å². The molecule has 0 aromatic heterocycles. The molecule has 136 valence electrons. The minimum Gasteiger partial charge on any atom is -0.282 e. The highest BCUT2D eigenvalue weighted by molar-refractivity contribution is 8.26. The SMILES string of the molecule is CCCCCCCC1=NN2C(=N)/C(=C/c3cccc(C)c3)C(=O)N=C2S1. The molecule has 0 aliphatic carbocycles. The highest BCUT2D eigenvalue weighted by Gasteiger charge is 2.35. The number of carbonyl (C=O) groups is 1. The molecule has 2 aliphatic heterocycles. The number of rotatable bonds is 7. The minimum atomic E-state index is -0.366. The maximum atomic E-state index is 12.4. The van der Waals surface area contributed by atoms with E-state index in [1.165, 1.54) is 42.5 Å². The van der Waals surface area contributed by atoms with E-state index in [-0.39, 0.29) is 17.3 Å². The first kappa shape index (κ1) is 18.6. The lowest BCUT2D eigenvalue weighted by molar-refractivity contribution is -0.114. The van der Waals surface area contributed by atoms with Crippen molar-refractivity contribution in [1.82, 2.24) is 5.01 Å². The molecule has 5 nitrogen and oxygen atoms in total. The number of thioether (sulfide) groups is 1. The van der Waals surface area contributed by atoms with Crippen LogP contribution in [0.4, 0.5) is 0 Å². The van der Waals surface area contributed by atoms with Crippen molar-refractivity contribution in [2.75, 3.05) is 0 Å². The lowest BCUT2D eigenvalue weighted by Gasteiger charge is -2.20. The Balaban J connectivity index is 1.71. The summed E-state index contributed by atoms with van der Waals surface area (Å²) in [5.41, 5.74) is 2.29. The van der Waals surface area contributed by atoms with Gasteiger partial charge in [-0.2, -0.15) is 15.1 Å². The highest BCUT2D eigenvalue weighted by atomic mass is 32.2. The van der Waals surface area contributed by atoms with E-state index in [0.29, 0.717) is 5.17 Å². The zero-order valence-electron chi connectivity index (χ0n) is 15.3. The van der Waals surface area contributed by atoms with Crippen molar-refractivity contribution in [3.8, 4) is 0 Å². The fourth-order valence-corrected chi connectivity index (χ4v) is 3.87. The Morgan fingerprint density at radius 2 is 2.04 bits per heavy atom. The fraction of sp³-hybridized carbons (Fsp3) is 0.400. The quantitative estimate of drug-likeness (QED) is 0.545. The van der Waals surface area contributed by atoms with Crippen LogP contribution in [-0.4, -0.2) is 27.0 Å². The number of hydrazone groups is 1. The predicted molar refractivity (Wildman–Crippen MR) is 110 cm³/mol. The number of unbranched alkanes of at least 4 members (excludes halogenated alkanes) is 4. The molecule has 0 atom stereocenters. The summed E-state index contributed by atoms with van der Waals surface area (Å²) in [5, 5.41) is 15.9. The molecule has 0 radical (unpaired) electrons. The molecule has 0 bridgehead atoms. The van der Waals surface area contributed by atoms with Gasteiger partial charge in [-0.25, -0.2) is 0 Å². The molecule has 26 heavy (non-hydrogen) atoms. The third-order valence-corrected chi connectivity index (χ3v) is 5.31. The summed E-state index contributed by atoms with van der Waals surface area (Å²) in [4.78, 5) is 16.5. The first-order chi connectivity index (χ1) is 12.6. The maximum Gasteiger partial charge on any atom is 0.283 e. The van der Waals surface area contributed by atoms with Crippen molar-refractivity contribution in [2.24, 2.45) is 10.1 Å². The number of aliphatic imine (C=N–C) groups is 1. The van der Waals surface area contributed by atoms with Gasteiger partial charge in [0.1, 0.15) is 5.04 Å². The molecule has 3 rings (SSSR count).